The molecule has 20 heavy (non-hydrogen) atoms. The predicted molar refractivity (Wildman–Crippen MR) is 79.1 cm³/mol. The van der Waals surface area contributed by atoms with Gasteiger partial charge in [0.15, 0.2) is 9.84 Å². The number of nitrogens with zero attached hydrogens (tertiary/aromatic N) is 1. The Hall–Kier alpha value is -1.72. The quantitative estimate of drug-likeness (QED) is 0.886. The largest absolute Gasteiger partial charge is 0.309 e. The molecular formula is C15H18N2O2S. The molecule has 0 bridgehead atoms. The van der Waals surface area contributed by atoms with E-state index >= 15 is 0 Å². The maximum Gasteiger partial charge on any atom is 0.179 e. The summed E-state index contributed by atoms with van der Waals surface area (Å²) in [6, 6.07) is 12.4. The molecule has 5 heteroatoms. The van der Waals surface area contributed by atoms with Crippen molar-refractivity contribution in [3.05, 3.63) is 60.4 Å². The molecule has 0 fully saturated rings. The number of pyridine rings is 1. The Bertz CT molecular complexity index is 627. The topological polar surface area (TPSA) is 59.1 Å². The first-order valence-electron chi connectivity index (χ1n) is 6.51. The van der Waals surface area contributed by atoms with Gasteiger partial charge in [0.05, 0.1) is 10.6 Å². The molecule has 0 aliphatic heterocycles. The Balaban J connectivity index is 1.90. The first kappa shape index (κ1) is 14.7. The fraction of sp³-hybridized carbons (Fsp3) is 0.267. The van der Waals surface area contributed by atoms with Gasteiger partial charge in [-0.05, 0) is 30.7 Å². The molecule has 0 saturated carbocycles. The highest BCUT2D eigenvalue weighted by molar-refractivity contribution is 7.91. The van der Waals surface area contributed by atoms with Crippen molar-refractivity contribution in [3.63, 3.8) is 0 Å². The van der Waals surface area contributed by atoms with Gasteiger partial charge < -0.3 is 5.32 Å². The molecule has 0 amide bonds. The summed E-state index contributed by atoms with van der Waals surface area (Å²) >= 11 is 0. The van der Waals surface area contributed by atoms with E-state index in [2.05, 4.69) is 10.3 Å². The van der Waals surface area contributed by atoms with Crippen molar-refractivity contribution in [2.24, 2.45) is 0 Å². The molecule has 1 heterocycles. The number of rotatable bonds is 6. The van der Waals surface area contributed by atoms with Crippen LogP contribution in [-0.2, 0) is 9.84 Å². The zero-order valence-corrected chi connectivity index (χ0v) is 12.2. The number of hydrogen-bond donors (Lipinski definition) is 1. The van der Waals surface area contributed by atoms with Crippen molar-refractivity contribution < 1.29 is 8.42 Å². The second-order valence-electron chi connectivity index (χ2n) is 4.59. The molecule has 106 valence electrons. The van der Waals surface area contributed by atoms with Crippen LogP contribution >= 0.6 is 0 Å². The van der Waals surface area contributed by atoms with Crippen molar-refractivity contribution in [3.8, 4) is 0 Å². The van der Waals surface area contributed by atoms with Gasteiger partial charge in [-0.15, -0.1) is 0 Å². The van der Waals surface area contributed by atoms with Gasteiger partial charge in [-0.25, -0.2) is 8.42 Å². The van der Waals surface area contributed by atoms with E-state index in [9.17, 15) is 8.42 Å². The first-order valence-corrected chi connectivity index (χ1v) is 8.16. The van der Waals surface area contributed by atoms with Crippen LogP contribution in [0.1, 0.15) is 18.5 Å². The highest BCUT2D eigenvalue weighted by Gasteiger charge is 2.14. The number of hydrogen-bond acceptors (Lipinski definition) is 4. The fourth-order valence-corrected chi connectivity index (χ4v) is 3.10. The Kier molecular flexibility index (Phi) is 4.87. The van der Waals surface area contributed by atoms with Gasteiger partial charge in [0, 0.05) is 25.0 Å². The van der Waals surface area contributed by atoms with Crippen molar-refractivity contribution in [1.29, 1.82) is 0 Å². The third kappa shape index (κ3) is 3.88. The third-order valence-corrected chi connectivity index (χ3v) is 4.84. The molecule has 2 rings (SSSR count). The molecule has 0 aliphatic carbocycles. The number of benzene rings is 1. The Morgan fingerprint density at radius 1 is 1.15 bits per heavy atom. The molecule has 0 radical (unpaired) electrons. The van der Waals surface area contributed by atoms with Crippen molar-refractivity contribution in [2.75, 3.05) is 12.3 Å². The third-order valence-electron chi connectivity index (χ3n) is 3.11. The van der Waals surface area contributed by atoms with Gasteiger partial charge >= 0.3 is 0 Å². The van der Waals surface area contributed by atoms with E-state index in [0.717, 1.165) is 5.56 Å². The van der Waals surface area contributed by atoms with E-state index in [1.165, 1.54) is 0 Å². The standard InChI is InChI=1S/C15H18N2O2S/c1-13(14-6-5-9-16-12-14)17-10-11-20(18,19)15-7-3-2-4-8-15/h2-9,12-13,17H,10-11H2,1H3/t13-/m0/s1. The van der Waals surface area contributed by atoms with Crippen molar-refractivity contribution >= 4 is 9.84 Å². The monoisotopic (exact) mass is 290 g/mol. The normalized spacial score (nSPS) is 13.1. The molecule has 0 saturated heterocycles. The van der Waals surface area contributed by atoms with Crippen LogP contribution in [0.25, 0.3) is 0 Å². The minimum Gasteiger partial charge on any atom is -0.309 e. The van der Waals surface area contributed by atoms with Gasteiger partial charge in [-0.1, -0.05) is 24.3 Å². The van der Waals surface area contributed by atoms with Crippen LogP contribution in [0.3, 0.4) is 0 Å². The smallest absolute Gasteiger partial charge is 0.179 e. The summed E-state index contributed by atoms with van der Waals surface area (Å²) in [4.78, 5) is 4.42. The van der Waals surface area contributed by atoms with Crippen molar-refractivity contribution in [2.45, 2.75) is 17.9 Å². The maximum atomic E-state index is 12.1. The van der Waals surface area contributed by atoms with Gasteiger partial charge in [0.2, 0.25) is 0 Å². The van der Waals surface area contributed by atoms with Crippen molar-refractivity contribution in [1.82, 2.24) is 10.3 Å². The first-order chi connectivity index (χ1) is 9.59. The molecule has 1 aromatic heterocycles. The van der Waals surface area contributed by atoms with Crippen LogP contribution in [0.2, 0.25) is 0 Å². The average Bonchev–Trinajstić information content (AvgIpc) is 2.49. The minimum atomic E-state index is -3.22. The van der Waals surface area contributed by atoms with Gasteiger partial charge in [-0.3, -0.25) is 4.98 Å². The molecule has 0 aliphatic rings. The minimum absolute atomic E-state index is 0.0784. The summed E-state index contributed by atoms with van der Waals surface area (Å²) < 4.78 is 24.2. The van der Waals surface area contributed by atoms with Crippen LogP contribution in [0, 0.1) is 0 Å². The highest BCUT2D eigenvalue weighted by Crippen LogP contribution is 2.12. The summed E-state index contributed by atoms with van der Waals surface area (Å²) in [5.74, 6) is 0.0849. The zero-order valence-electron chi connectivity index (χ0n) is 11.4. The highest BCUT2D eigenvalue weighted by atomic mass is 32.2. The summed E-state index contributed by atoms with van der Waals surface area (Å²) in [6.07, 6.45) is 3.50. The van der Waals surface area contributed by atoms with Crippen LogP contribution in [-0.4, -0.2) is 25.7 Å². The van der Waals surface area contributed by atoms with E-state index in [1.54, 1.807) is 36.7 Å². The molecule has 0 spiro atoms. The predicted octanol–water partition coefficient (Wildman–Crippen LogP) is 2.21. The van der Waals surface area contributed by atoms with Gasteiger partial charge in [0.1, 0.15) is 0 Å². The van der Waals surface area contributed by atoms with Crippen LogP contribution in [0.15, 0.2) is 59.8 Å². The Morgan fingerprint density at radius 2 is 1.90 bits per heavy atom. The molecule has 1 aromatic carbocycles. The van der Waals surface area contributed by atoms with Crippen LogP contribution in [0.5, 0.6) is 0 Å². The Labute approximate surface area is 119 Å². The second kappa shape index (κ2) is 6.63. The number of nitrogens with one attached hydrogen (secondary N) is 1. The average molecular weight is 290 g/mol. The molecular weight excluding hydrogens is 272 g/mol. The molecule has 2 aromatic rings. The molecule has 0 unspecified atom stereocenters. The van der Waals surface area contributed by atoms with Gasteiger partial charge in [-0.2, -0.15) is 0 Å². The second-order valence-corrected chi connectivity index (χ2v) is 6.70. The lowest BCUT2D eigenvalue weighted by molar-refractivity contribution is 0.571. The fourth-order valence-electron chi connectivity index (χ4n) is 1.91. The Morgan fingerprint density at radius 3 is 2.55 bits per heavy atom. The summed E-state index contributed by atoms with van der Waals surface area (Å²) in [5, 5.41) is 3.21. The summed E-state index contributed by atoms with van der Waals surface area (Å²) in [5.41, 5.74) is 1.05. The SMILES string of the molecule is C[C@H](NCCS(=O)(=O)c1ccccc1)c1cccnc1. The molecule has 1 atom stereocenters. The lowest BCUT2D eigenvalue weighted by Gasteiger charge is -2.13. The number of aromatic nitrogens is 1. The summed E-state index contributed by atoms with van der Waals surface area (Å²) in [7, 11) is -3.22. The van der Waals surface area contributed by atoms with E-state index < -0.39 is 9.84 Å². The zero-order chi connectivity index (χ0) is 14.4. The lowest BCUT2D eigenvalue weighted by atomic mass is 10.1. The maximum absolute atomic E-state index is 12.1. The van der Waals surface area contributed by atoms with E-state index in [-0.39, 0.29) is 11.8 Å². The van der Waals surface area contributed by atoms with E-state index in [4.69, 9.17) is 0 Å². The van der Waals surface area contributed by atoms with E-state index in [0.29, 0.717) is 11.4 Å². The van der Waals surface area contributed by atoms with Crippen LogP contribution in [0.4, 0.5) is 0 Å². The molecule has 4 nitrogen and oxygen atoms in total. The number of sulfone groups is 1. The van der Waals surface area contributed by atoms with Crippen LogP contribution < -0.4 is 5.32 Å². The summed E-state index contributed by atoms with van der Waals surface area (Å²) in [6.45, 7) is 2.40. The van der Waals surface area contributed by atoms with E-state index in [1.807, 2.05) is 25.1 Å². The molecule has 1 N–H and O–H groups in total. The lowest BCUT2D eigenvalue weighted by Crippen LogP contribution is -2.25. The van der Waals surface area contributed by atoms with Gasteiger partial charge in [0.25, 0.3) is 0 Å².